The van der Waals surface area contributed by atoms with Crippen molar-refractivity contribution in [1.82, 2.24) is 5.32 Å². The molecule has 0 heterocycles. The van der Waals surface area contributed by atoms with Crippen LogP contribution in [0.15, 0.2) is 23.2 Å². The second-order valence-electron chi connectivity index (χ2n) is 5.94. The first kappa shape index (κ1) is 19.1. The lowest BCUT2D eigenvalue weighted by Crippen LogP contribution is -2.32. The summed E-state index contributed by atoms with van der Waals surface area (Å²) in [6.07, 6.45) is 0. The number of nitrogens with one attached hydrogen (secondary N) is 2. The van der Waals surface area contributed by atoms with E-state index in [2.05, 4.69) is 15.6 Å². The van der Waals surface area contributed by atoms with Gasteiger partial charge in [-0.25, -0.2) is 0 Å². The predicted molar refractivity (Wildman–Crippen MR) is 94.6 cm³/mol. The molecule has 0 aromatic heterocycles. The van der Waals surface area contributed by atoms with Crippen LogP contribution in [0.2, 0.25) is 0 Å². The zero-order chi connectivity index (χ0) is 17.3. The van der Waals surface area contributed by atoms with E-state index in [4.69, 9.17) is 9.47 Å². The molecule has 0 unspecified atom stereocenters. The average molecular weight is 323 g/mol. The van der Waals surface area contributed by atoms with E-state index in [9.17, 15) is 5.11 Å². The molecule has 0 radical (unpaired) electrons. The van der Waals surface area contributed by atoms with Gasteiger partial charge < -0.3 is 25.2 Å². The number of hydrogen-bond acceptors (Lipinski definition) is 4. The Kier molecular flexibility index (Phi) is 7.68. The molecule has 0 aliphatic heterocycles. The number of aliphatic hydroxyl groups excluding tert-OH is 1. The smallest absolute Gasteiger partial charge is 0.195 e. The highest BCUT2D eigenvalue weighted by Gasteiger charge is 2.16. The quantitative estimate of drug-likeness (QED) is 0.506. The summed E-state index contributed by atoms with van der Waals surface area (Å²) in [4.78, 5) is 4.53. The number of methoxy groups -OCH3 is 1. The molecule has 0 bridgehead atoms. The van der Waals surface area contributed by atoms with E-state index in [0.29, 0.717) is 30.6 Å². The first-order valence-electron chi connectivity index (χ1n) is 7.92. The summed E-state index contributed by atoms with van der Waals surface area (Å²) in [5, 5.41) is 15.8. The molecule has 23 heavy (non-hydrogen) atoms. The number of aliphatic imine (C=N–C) groups is 1. The van der Waals surface area contributed by atoms with Crippen molar-refractivity contribution < 1.29 is 14.6 Å². The van der Waals surface area contributed by atoms with E-state index in [1.807, 2.05) is 45.9 Å². The summed E-state index contributed by atoms with van der Waals surface area (Å²) in [5.74, 6) is 2.05. The first-order chi connectivity index (χ1) is 11.0. The Labute approximate surface area is 138 Å². The summed E-state index contributed by atoms with van der Waals surface area (Å²) < 4.78 is 10.9. The second-order valence-corrected chi connectivity index (χ2v) is 5.94. The number of anilines is 1. The fourth-order valence-electron chi connectivity index (χ4n) is 1.81. The minimum Gasteiger partial charge on any atom is -0.493 e. The van der Waals surface area contributed by atoms with Gasteiger partial charge in [-0.2, -0.15) is 0 Å². The third kappa shape index (κ3) is 6.36. The van der Waals surface area contributed by atoms with Crippen LogP contribution in [0, 0.1) is 5.41 Å². The van der Waals surface area contributed by atoms with E-state index >= 15 is 0 Å². The Morgan fingerprint density at radius 3 is 2.57 bits per heavy atom. The Hall–Kier alpha value is -1.95. The molecule has 0 aliphatic rings. The van der Waals surface area contributed by atoms with Gasteiger partial charge in [-0.15, -0.1) is 0 Å². The summed E-state index contributed by atoms with van der Waals surface area (Å²) in [7, 11) is 1.62. The number of guanidine groups is 1. The Balaban J connectivity index is 2.89. The first-order valence-corrected chi connectivity index (χ1v) is 7.92. The fourth-order valence-corrected chi connectivity index (χ4v) is 1.81. The highest BCUT2D eigenvalue weighted by Crippen LogP contribution is 2.30. The molecule has 1 rings (SSSR count). The molecule has 0 saturated carbocycles. The monoisotopic (exact) mass is 323 g/mol. The minimum absolute atomic E-state index is 0.0901. The molecule has 130 valence electrons. The highest BCUT2D eigenvalue weighted by atomic mass is 16.5. The molecular weight excluding hydrogens is 294 g/mol. The van der Waals surface area contributed by atoms with Crippen LogP contribution in [0.25, 0.3) is 0 Å². The topological polar surface area (TPSA) is 75.1 Å². The maximum atomic E-state index is 9.34. The molecule has 1 aromatic carbocycles. The molecular formula is C17H29N3O3. The van der Waals surface area contributed by atoms with E-state index in [-0.39, 0.29) is 12.0 Å². The zero-order valence-corrected chi connectivity index (χ0v) is 14.8. The minimum atomic E-state index is -0.251. The number of rotatable bonds is 8. The largest absolute Gasteiger partial charge is 0.493 e. The molecule has 0 fully saturated rings. The Morgan fingerprint density at radius 1 is 1.26 bits per heavy atom. The van der Waals surface area contributed by atoms with Crippen molar-refractivity contribution in [2.24, 2.45) is 10.4 Å². The maximum absolute atomic E-state index is 9.34. The van der Waals surface area contributed by atoms with Crippen LogP contribution >= 0.6 is 0 Å². The van der Waals surface area contributed by atoms with Gasteiger partial charge in [0.1, 0.15) is 0 Å². The highest BCUT2D eigenvalue weighted by molar-refractivity contribution is 5.93. The van der Waals surface area contributed by atoms with Crippen LogP contribution in [0.5, 0.6) is 11.5 Å². The van der Waals surface area contributed by atoms with Crippen LogP contribution in [-0.4, -0.2) is 44.5 Å². The molecule has 0 spiro atoms. The summed E-state index contributed by atoms with van der Waals surface area (Å²) in [6.45, 7) is 9.83. The van der Waals surface area contributed by atoms with Gasteiger partial charge in [-0.3, -0.25) is 4.99 Å². The van der Waals surface area contributed by atoms with E-state index < -0.39 is 0 Å². The lowest BCUT2D eigenvalue weighted by atomic mass is 9.95. The Morgan fingerprint density at radius 2 is 2.00 bits per heavy atom. The number of benzene rings is 1. The van der Waals surface area contributed by atoms with Gasteiger partial charge in [0, 0.05) is 30.3 Å². The number of ether oxygens (including phenoxy) is 2. The molecule has 0 amide bonds. The van der Waals surface area contributed by atoms with E-state index in [1.54, 1.807) is 7.11 Å². The summed E-state index contributed by atoms with van der Waals surface area (Å²) in [6, 6.07) is 5.65. The number of hydrogen-bond donors (Lipinski definition) is 3. The molecule has 3 N–H and O–H groups in total. The normalized spacial score (nSPS) is 12.0. The van der Waals surface area contributed by atoms with Crippen molar-refractivity contribution in [2.45, 2.75) is 27.7 Å². The van der Waals surface area contributed by atoms with E-state index in [0.717, 1.165) is 12.2 Å². The van der Waals surface area contributed by atoms with E-state index in [1.165, 1.54) is 0 Å². The van der Waals surface area contributed by atoms with Gasteiger partial charge in [-0.05, 0) is 26.0 Å². The molecule has 0 saturated heterocycles. The third-order valence-electron chi connectivity index (χ3n) is 3.16. The van der Waals surface area contributed by atoms with Gasteiger partial charge >= 0.3 is 0 Å². The predicted octanol–water partition coefficient (Wildman–Crippen LogP) is 2.49. The molecule has 0 aliphatic carbocycles. The summed E-state index contributed by atoms with van der Waals surface area (Å²) >= 11 is 0. The van der Waals surface area contributed by atoms with Crippen molar-refractivity contribution in [3.63, 3.8) is 0 Å². The van der Waals surface area contributed by atoms with Gasteiger partial charge in [0.05, 0.1) is 20.3 Å². The Bertz CT molecular complexity index is 516. The van der Waals surface area contributed by atoms with Gasteiger partial charge in [-0.1, -0.05) is 13.8 Å². The molecule has 6 nitrogen and oxygen atoms in total. The van der Waals surface area contributed by atoms with Crippen LogP contribution in [-0.2, 0) is 0 Å². The number of nitrogens with zero attached hydrogens (tertiary/aromatic N) is 1. The van der Waals surface area contributed by atoms with Crippen LogP contribution in [0.1, 0.15) is 27.7 Å². The SMILES string of the molecule is CCNC(=NCC(C)(C)CO)Nc1ccc(OCC)c(OC)c1. The molecule has 1 aromatic rings. The van der Waals surface area contributed by atoms with Crippen molar-refractivity contribution in [1.29, 1.82) is 0 Å². The summed E-state index contributed by atoms with van der Waals surface area (Å²) in [5.41, 5.74) is 0.602. The van der Waals surface area contributed by atoms with Crippen molar-refractivity contribution >= 4 is 11.6 Å². The molecule has 0 atom stereocenters. The van der Waals surface area contributed by atoms with Crippen molar-refractivity contribution in [2.75, 3.05) is 38.7 Å². The fraction of sp³-hybridized carbons (Fsp3) is 0.588. The van der Waals surface area contributed by atoms with Crippen LogP contribution in [0.3, 0.4) is 0 Å². The molecule has 6 heteroatoms. The second kappa shape index (κ2) is 9.25. The van der Waals surface area contributed by atoms with Gasteiger partial charge in [0.25, 0.3) is 0 Å². The van der Waals surface area contributed by atoms with Crippen LogP contribution in [0.4, 0.5) is 5.69 Å². The zero-order valence-electron chi connectivity index (χ0n) is 14.8. The number of aliphatic hydroxyl groups is 1. The van der Waals surface area contributed by atoms with Crippen molar-refractivity contribution in [3.05, 3.63) is 18.2 Å². The van der Waals surface area contributed by atoms with Crippen LogP contribution < -0.4 is 20.1 Å². The third-order valence-corrected chi connectivity index (χ3v) is 3.16. The lowest BCUT2D eigenvalue weighted by Gasteiger charge is -2.20. The average Bonchev–Trinajstić information content (AvgIpc) is 2.54. The van der Waals surface area contributed by atoms with Crippen molar-refractivity contribution in [3.8, 4) is 11.5 Å². The standard InChI is InChI=1S/C17H29N3O3/c1-6-18-16(19-11-17(3,4)12-21)20-13-8-9-14(23-7-2)15(10-13)22-5/h8-10,21H,6-7,11-12H2,1-5H3,(H2,18,19,20). The lowest BCUT2D eigenvalue weighted by molar-refractivity contribution is 0.167. The van der Waals surface area contributed by atoms with Gasteiger partial charge in [0.15, 0.2) is 17.5 Å². The van der Waals surface area contributed by atoms with Gasteiger partial charge in [0.2, 0.25) is 0 Å². The maximum Gasteiger partial charge on any atom is 0.195 e.